The summed E-state index contributed by atoms with van der Waals surface area (Å²) < 4.78 is 29.0. The van der Waals surface area contributed by atoms with Crippen molar-refractivity contribution < 1.29 is 22.9 Å². The highest BCUT2D eigenvalue weighted by atomic mass is 35.5. The van der Waals surface area contributed by atoms with Gasteiger partial charge in [0, 0.05) is 46.7 Å². The number of rotatable bonds is 14. The summed E-state index contributed by atoms with van der Waals surface area (Å²) in [6.45, 7) is 2.74. The smallest absolute Gasteiger partial charge is 0.271 e. The fourth-order valence-corrected chi connectivity index (χ4v) is 6.80. The second-order valence-electron chi connectivity index (χ2n) is 10.8. The summed E-state index contributed by atoms with van der Waals surface area (Å²) in [5.41, 5.74) is 0.660. The molecule has 246 valence electrons. The van der Waals surface area contributed by atoms with Crippen LogP contribution in [-0.4, -0.2) is 48.7 Å². The van der Waals surface area contributed by atoms with E-state index < -0.39 is 39.3 Å². The number of nitrogens with one attached hydrogen (secondary N) is 1. The van der Waals surface area contributed by atoms with E-state index in [1.54, 1.807) is 24.3 Å². The molecule has 0 fully saturated rings. The van der Waals surface area contributed by atoms with Crippen LogP contribution in [0.4, 0.5) is 11.4 Å². The molecular weight excluding hydrogens is 663 g/mol. The number of anilines is 1. The SMILES string of the molecule is CC[C@@H](C)NC(=O)[C@H](Cc1ccccc1)N(Cc1c(Cl)cccc1Cl)C(=O)CN(c1cccc([N+](=O)[O-])c1)S(=O)(=O)c1ccccc1. The first-order valence-electron chi connectivity index (χ1n) is 14.8. The first-order valence-corrected chi connectivity index (χ1v) is 17.0. The van der Waals surface area contributed by atoms with E-state index in [0.29, 0.717) is 12.0 Å². The van der Waals surface area contributed by atoms with Crippen LogP contribution in [0.1, 0.15) is 31.4 Å². The molecular formula is C34H34Cl2N4O6S. The van der Waals surface area contributed by atoms with Gasteiger partial charge in [0.1, 0.15) is 12.6 Å². The molecule has 4 aromatic carbocycles. The summed E-state index contributed by atoms with van der Waals surface area (Å²) in [5, 5.41) is 15.1. The molecule has 2 atom stereocenters. The van der Waals surface area contributed by atoms with Crippen LogP contribution in [-0.2, 0) is 32.6 Å². The molecule has 0 bridgehead atoms. The van der Waals surface area contributed by atoms with Crippen LogP contribution < -0.4 is 9.62 Å². The average Bonchev–Trinajstić information content (AvgIpc) is 3.07. The van der Waals surface area contributed by atoms with Gasteiger partial charge < -0.3 is 10.2 Å². The number of carbonyl (C=O) groups excluding carboxylic acids is 2. The van der Waals surface area contributed by atoms with Gasteiger partial charge in [0.05, 0.1) is 15.5 Å². The number of sulfonamides is 1. The Morgan fingerprint density at radius 3 is 2.09 bits per heavy atom. The molecule has 10 nitrogen and oxygen atoms in total. The normalized spacial score (nSPS) is 12.5. The summed E-state index contributed by atoms with van der Waals surface area (Å²) in [7, 11) is -4.43. The van der Waals surface area contributed by atoms with E-state index in [0.717, 1.165) is 15.9 Å². The minimum absolute atomic E-state index is 0.0964. The predicted molar refractivity (Wildman–Crippen MR) is 183 cm³/mol. The van der Waals surface area contributed by atoms with E-state index >= 15 is 0 Å². The monoisotopic (exact) mass is 696 g/mol. The van der Waals surface area contributed by atoms with Gasteiger partial charge in [-0.05, 0) is 49.2 Å². The highest BCUT2D eigenvalue weighted by Crippen LogP contribution is 2.30. The first-order chi connectivity index (χ1) is 22.4. The number of nitrogens with zero attached hydrogens (tertiary/aromatic N) is 3. The zero-order valence-corrected chi connectivity index (χ0v) is 28.1. The zero-order chi connectivity index (χ0) is 34.1. The topological polar surface area (TPSA) is 130 Å². The average molecular weight is 698 g/mol. The molecule has 0 aliphatic carbocycles. The first kappa shape index (κ1) is 35.4. The van der Waals surface area contributed by atoms with Crippen molar-refractivity contribution in [2.24, 2.45) is 0 Å². The number of amides is 2. The lowest BCUT2D eigenvalue weighted by Crippen LogP contribution is -2.54. The Bertz CT molecular complexity index is 1810. The van der Waals surface area contributed by atoms with E-state index in [1.165, 1.54) is 47.4 Å². The third kappa shape index (κ3) is 8.88. The van der Waals surface area contributed by atoms with Crippen LogP contribution in [0.25, 0.3) is 0 Å². The third-order valence-electron chi connectivity index (χ3n) is 7.60. The largest absolute Gasteiger partial charge is 0.352 e. The molecule has 0 saturated carbocycles. The van der Waals surface area contributed by atoms with Crippen molar-refractivity contribution in [3.05, 3.63) is 134 Å². The van der Waals surface area contributed by atoms with E-state index in [-0.39, 0.29) is 45.3 Å². The number of hydrogen-bond donors (Lipinski definition) is 1. The lowest BCUT2D eigenvalue weighted by atomic mass is 10.0. The van der Waals surface area contributed by atoms with E-state index in [9.17, 15) is 28.1 Å². The van der Waals surface area contributed by atoms with Crippen molar-refractivity contribution in [3.63, 3.8) is 0 Å². The van der Waals surface area contributed by atoms with Gasteiger partial charge >= 0.3 is 0 Å². The van der Waals surface area contributed by atoms with E-state index in [4.69, 9.17) is 23.2 Å². The van der Waals surface area contributed by atoms with E-state index in [2.05, 4.69) is 5.32 Å². The molecule has 0 heterocycles. The van der Waals surface area contributed by atoms with Gasteiger partial charge in [-0.25, -0.2) is 8.42 Å². The number of halogens is 2. The van der Waals surface area contributed by atoms with Crippen LogP contribution in [0, 0.1) is 10.1 Å². The van der Waals surface area contributed by atoms with E-state index in [1.807, 2.05) is 44.2 Å². The summed E-state index contributed by atoms with van der Waals surface area (Å²) in [4.78, 5) is 40.6. The highest BCUT2D eigenvalue weighted by molar-refractivity contribution is 7.92. The number of benzene rings is 4. The fraction of sp³-hybridized carbons (Fsp3) is 0.235. The van der Waals surface area contributed by atoms with Crippen molar-refractivity contribution in [2.75, 3.05) is 10.8 Å². The minimum atomic E-state index is -4.43. The fourth-order valence-electron chi connectivity index (χ4n) is 4.86. The Morgan fingerprint density at radius 1 is 0.894 bits per heavy atom. The molecule has 1 N–H and O–H groups in total. The number of non-ortho nitro benzene ring substituents is 1. The Hall–Kier alpha value is -4.45. The van der Waals surface area contributed by atoms with Gasteiger partial charge in [0.25, 0.3) is 15.7 Å². The summed E-state index contributed by atoms with van der Waals surface area (Å²) in [6, 6.07) is 25.1. The molecule has 4 aromatic rings. The highest BCUT2D eigenvalue weighted by Gasteiger charge is 2.36. The van der Waals surface area contributed by atoms with Crippen LogP contribution in [0.2, 0.25) is 10.0 Å². The Kier molecular flexibility index (Phi) is 12.0. The van der Waals surface area contributed by atoms with Crippen LogP contribution in [0.5, 0.6) is 0 Å². The maximum Gasteiger partial charge on any atom is 0.271 e. The lowest BCUT2D eigenvalue weighted by molar-refractivity contribution is -0.384. The number of carbonyl (C=O) groups is 2. The van der Waals surface area contributed by atoms with Crippen molar-refractivity contribution >= 4 is 56.4 Å². The Balaban J connectivity index is 1.86. The molecule has 2 amide bonds. The van der Waals surface area contributed by atoms with Gasteiger partial charge in [0.2, 0.25) is 11.8 Å². The maximum absolute atomic E-state index is 14.6. The second-order valence-corrected chi connectivity index (χ2v) is 13.5. The molecule has 0 unspecified atom stereocenters. The number of hydrogen-bond acceptors (Lipinski definition) is 6. The van der Waals surface area contributed by atoms with Crippen LogP contribution in [0.15, 0.2) is 108 Å². The van der Waals surface area contributed by atoms with Crippen LogP contribution in [0.3, 0.4) is 0 Å². The molecule has 0 spiro atoms. The van der Waals surface area contributed by atoms with Crippen molar-refractivity contribution in [1.82, 2.24) is 10.2 Å². The summed E-state index contributed by atoms with van der Waals surface area (Å²) in [5.74, 6) is -1.21. The molecule has 0 aliphatic heterocycles. The van der Waals surface area contributed by atoms with Gasteiger partial charge in [-0.3, -0.25) is 24.0 Å². The third-order valence-corrected chi connectivity index (χ3v) is 10.1. The molecule has 0 saturated heterocycles. The molecule has 0 aliphatic rings. The second kappa shape index (κ2) is 15.9. The van der Waals surface area contributed by atoms with Crippen molar-refractivity contribution in [2.45, 2.75) is 50.2 Å². The lowest BCUT2D eigenvalue weighted by Gasteiger charge is -2.34. The number of nitro groups is 1. The summed E-state index contributed by atoms with van der Waals surface area (Å²) in [6.07, 6.45) is 0.725. The molecule has 0 radical (unpaired) electrons. The van der Waals surface area contributed by atoms with Gasteiger partial charge in [-0.15, -0.1) is 0 Å². The summed E-state index contributed by atoms with van der Waals surface area (Å²) >= 11 is 13.1. The minimum Gasteiger partial charge on any atom is -0.352 e. The van der Waals surface area contributed by atoms with Gasteiger partial charge in [-0.1, -0.05) is 90.8 Å². The zero-order valence-electron chi connectivity index (χ0n) is 25.8. The Labute approximate surface area is 284 Å². The van der Waals surface area contributed by atoms with Gasteiger partial charge in [0.15, 0.2) is 0 Å². The molecule has 47 heavy (non-hydrogen) atoms. The quantitative estimate of drug-likeness (QED) is 0.116. The predicted octanol–water partition coefficient (Wildman–Crippen LogP) is 6.65. The standard InChI is InChI=1S/C34H34Cl2N4O6S/c1-3-24(2)37-34(42)32(20-25-12-6-4-7-13-25)38(22-29-30(35)18-11-19-31(29)36)33(41)23-39(26-14-10-15-27(21-26)40(43)44)47(45,46)28-16-8-5-9-17-28/h4-19,21,24,32H,3,20,22-23H2,1-2H3,(H,37,42)/t24-,32+/m1/s1. The number of nitro benzene ring substituents is 1. The molecule has 0 aromatic heterocycles. The Morgan fingerprint density at radius 2 is 1.49 bits per heavy atom. The van der Waals surface area contributed by atoms with Crippen molar-refractivity contribution in [3.8, 4) is 0 Å². The van der Waals surface area contributed by atoms with Crippen LogP contribution >= 0.6 is 23.2 Å². The van der Waals surface area contributed by atoms with Gasteiger partial charge in [-0.2, -0.15) is 0 Å². The maximum atomic E-state index is 14.6. The van der Waals surface area contributed by atoms with Crippen molar-refractivity contribution in [1.29, 1.82) is 0 Å². The molecule has 4 rings (SSSR count). The molecule has 13 heteroatoms.